The highest BCUT2D eigenvalue weighted by Gasteiger charge is 1.96. The van der Waals surface area contributed by atoms with Crippen molar-refractivity contribution >= 4 is 0 Å². The molecule has 0 aromatic heterocycles. The lowest BCUT2D eigenvalue weighted by molar-refractivity contribution is -0.646. The van der Waals surface area contributed by atoms with Crippen LogP contribution in [0.25, 0.3) is 0 Å². The third-order valence-electron chi connectivity index (χ3n) is 4.48. The molecule has 0 atom stereocenters. The van der Waals surface area contributed by atoms with Crippen LogP contribution in [0.1, 0.15) is 111 Å². The van der Waals surface area contributed by atoms with Crippen LogP contribution in [0.3, 0.4) is 0 Å². The van der Waals surface area contributed by atoms with E-state index in [1.807, 2.05) is 0 Å². The maximum absolute atomic E-state index is 2.50. The van der Waals surface area contributed by atoms with E-state index < -0.39 is 0 Å². The van der Waals surface area contributed by atoms with Gasteiger partial charge in [0, 0.05) is 0 Å². The van der Waals surface area contributed by atoms with Gasteiger partial charge in [-0.25, -0.2) is 0 Å². The van der Waals surface area contributed by atoms with Gasteiger partial charge < -0.3 is 17.7 Å². The zero-order valence-corrected chi connectivity index (χ0v) is 17.1. The Morgan fingerprint density at radius 3 is 1.61 bits per heavy atom. The van der Waals surface area contributed by atoms with Crippen molar-refractivity contribution in [2.75, 3.05) is 13.1 Å². The Morgan fingerprint density at radius 2 is 1.13 bits per heavy atom. The molecule has 0 saturated heterocycles. The number of hydrogen-bond acceptors (Lipinski definition) is 0. The zero-order valence-electron chi connectivity index (χ0n) is 16.3. The fourth-order valence-electron chi connectivity index (χ4n) is 3.12. The number of halogens is 1. The topological polar surface area (TPSA) is 16.6 Å². The molecule has 0 spiro atoms. The molecule has 0 aromatic rings. The van der Waals surface area contributed by atoms with Crippen molar-refractivity contribution in [3.8, 4) is 0 Å². The molecule has 1 nitrogen and oxygen atoms in total. The third kappa shape index (κ3) is 19.9. The monoisotopic (exact) mass is 345 g/mol. The zero-order chi connectivity index (χ0) is 16.3. The van der Waals surface area contributed by atoms with Crippen molar-refractivity contribution in [2.45, 2.75) is 111 Å². The maximum atomic E-state index is 2.50. The van der Waals surface area contributed by atoms with E-state index in [0.29, 0.717) is 0 Å². The lowest BCUT2D eigenvalue weighted by Gasteiger charge is -2.04. The third-order valence-corrected chi connectivity index (χ3v) is 4.48. The number of hydrogen-bond donors (Lipinski definition) is 1. The summed E-state index contributed by atoms with van der Waals surface area (Å²) in [5.74, 6) is 0. The minimum absolute atomic E-state index is 0. The molecule has 0 aromatic carbocycles. The van der Waals surface area contributed by atoms with Crippen LogP contribution in [0.5, 0.6) is 0 Å². The molecule has 2 heteroatoms. The summed E-state index contributed by atoms with van der Waals surface area (Å²) in [5, 5.41) is 2.50. The second kappa shape index (κ2) is 22.0. The molecule has 0 rings (SSSR count). The molecule has 0 unspecified atom stereocenters. The molecule has 0 heterocycles. The summed E-state index contributed by atoms with van der Waals surface area (Å²) in [7, 11) is 0. The first kappa shape index (κ1) is 25.2. The predicted octanol–water partition coefficient (Wildman–Crippen LogP) is 3.00. The summed E-state index contributed by atoms with van der Waals surface area (Å²) in [6.45, 7) is 9.39. The standard InChI is InChI=1S/C21H43N.ClH/c1-4-7-8-9-10-11-12-13-14-15-19-22-20-18-21(16-5-2)17-6-3;/h18,22H,4-17,19-20H2,1-3H3;1H. The van der Waals surface area contributed by atoms with Gasteiger partial charge in [-0.3, -0.25) is 0 Å². The van der Waals surface area contributed by atoms with Gasteiger partial charge in [0.1, 0.15) is 0 Å². The quantitative estimate of drug-likeness (QED) is 0.308. The molecular formula is C21H44ClN. The first-order valence-corrected chi connectivity index (χ1v) is 10.3. The minimum atomic E-state index is 0. The maximum Gasteiger partial charge on any atom is 0.0945 e. The average Bonchev–Trinajstić information content (AvgIpc) is 2.52. The highest BCUT2D eigenvalue weighted by molar-refractivity contribution is 5.01. The van der Waals surface area contributed by atoms with Crippen LogP contribution in [0, 0.1) is 0 Å². The normalized spacial score (nSPS) is 10.4. The van der Waals surface area contributed by atoms with E-state index in [2.05, 4.69) is 32.2 Å². The smallest absolute Gasteiger partial charge is 0.0945 e. The Balaban J connectivity index is 0. The van der Waals surface area contributed by atoms with Gasteiger partial charge in [0.15, 0.2) is 0 Å². The summed E-state index contributed by atoms with van der Waals surface area (Å²) in [6, 6.07) is 0. The van der Waals surface area contributed by atoms with Gasteiger partial charge in [0.05, 0.1) is 13.1 Å². The van der Waals surface area contributed by atoms with Gasteiger partial charge in [-0.05, 0) is 31.8 Å². The Bertz CT molecular complexity index is 230. The largest absolute Gasteiger partial charge is 1.00 e. The van der Waals surface area contributed by atoms with Crippen molar-refractivity contribution in [2.24, 2.45) is 0 Å². The molecule has 0 fully saturated rings. The van der Waals surface area contributed by atoms with Crippen LogP contribution in [-0.2, 0) is 0 Å². The number of unbranched alkanes of at least 4 members (excludes halogenated alkanes) is 9. The van der Waals surface area contributed by atoms with Crippen molar-refractivity contribution in [1.82, 2.24) is 0 Å². The van der Waals surface area contributed by atoms with Crippen molar-refractivity contribution < 1.29 is 17.7 Å². The summed E-state index contributed by atoms with van der Waals surface area (Å²) in [5.41, 5.74) is 1.68. The van der Waals surface area contributed by atoms with Gasteiger partial charge >= 0.3 is 0 Å². The summed E-state index contributed by atoms with van der Waals surface area (Å²) in [6.07, 6.45) is 22.1. The number of rotatable bonds is 17. The van der Waals surface area contributed by atoms with E-state index in [9.17, 15) is 0 Å². The van der Waals surface area contributed by atoms with Gasteiger partial charge in [0.25, 0.3) is 0 Å². The van der Waals surface area contributed by atoms with Crippen LogP contribution in [0.15, 0.2) is 11.6 Å². The first-order chi connectivity index (χ1) is 10.8. The van der Waals surface area contributed by atoms with Crippen molar-refractivity contribution in [3.63, 3.8) is 0 Å². The van der Waals surface area contributed by atoms with E-state index in [0.717, 1.165) is 0 Å². The second-order valence-corrected chi connectivity index (χ2v) is 6.86. The number of quaternary nitrogens is 1. The summed E-state index contributed by atoms with van der Waals surface area (Å²) in [4.78, 5) is 0. The second-order valence-electron chi connectivity index (χ2n) is 6.86. The van der Waals surface area contributed by atoms with E-state index in [-0.39, 0.29) is 12.4 Å². The molecule has 0 radical (unpaired) electrons. The Kier molecular flexibility index (Phi) is 24.1. The Labute approximate surface area is 153 Å². The summed E-state index contributed by atoms with van der Waals surface area (Å²) >= 11 is 0. The fraction of sp³-hybridized carbons (Fsp3) is 0.905. The molecule has 0 saturated carbocycles. The molecule has 0 bridgehead atoms. The highest BCUT2D eigenvalue weighted by Crippen LogP contribution is 2.11. The van der Waals surface area contributed by atoms with Gasteiger partial charge in [-0.2, -0.15) is 0 Å². The van der Waals surface area contributed by atoms with Gasteiger partial charge in [0.2, 0.25) is 0 Å². The Hall–Kier alpha value is -0.0100. The van der Waals surface area contributed by atoms with Gasteiger partial charge in [-0.15, -0.1) is 0 Å². The first-order valence-electron chi connectivity index (χ1n) is 10.3. The van der Waals surface area contributed by atoms with E-state index in [1.165, 1.54) is 103 Å². The number of allylic oxidation sites excluding steroid dienone is 1. The SMILES string of the molecule is CCCCCCCCCCCC[NH2+]CC=C(CCC)CCC.[Cl-]. The minimum Gasteiger partial charge on any atom is -1.00 e. The lowest BCUT2D eigenvalue weighted by Crippen LogP contribution is -3.00. The lowest BCUT2D eigenvalue weighted by atomic mass is 10.1. The van der Waals surface area contributed by atoms with Gasteiger partial charge in [-0.1, -0.05) is 90.6 Å². The molecule has 140 valence electrons. The van der Waals surface area contributed by atoms with Crippen LogP contribution >= 0.6 is 0 Å². The van der Waals surface area contributed by atoms with Crippen LogP contribution in [0.4, 0.5) is 0 Å². The molecule has 2 N–H and O–H groups in total. The highest BCUT2D eigenvalue weighted by atomic mass is 35.5. The molecule has 0 amide bonds. The van der Waals surface area contributed by atoms with E-state index >= 15 is 0 Å². The molecule has 23 heavy (non-hydrogen) atoms. The predicted molar refractivity (Wildman–Crippen MR) is 101 cm³/mol. The Morgan fingerprint density at radius 1 is 0.652 bits per heavy atom. The van der Waals surface area contributed by atoms with Crippen molar-refractivity contribution in [3.05, 3.63) is 11.6 Å². The van der Waals surface area contributed by atoms with E-state index in [4.69, 9.17) is 0 Å². The van der Waals surface area contributed by atoms with E-state index in [1.54, 1.807) is 5.57 Å². The average molecular weight is 346 g/mol. The van der Waals surface area contributed by atoms with Crippen LogP contribution in [-0.4, -0.2) is 13.1 Å². The number of nitrogens with two attached hydrogens (primary N) is 1. The van der Waals surface area contributed by atoms with Crippen LogP contribution in [0.2, 0.25) is 0 Å². The molecule has 0 aliphatic carbocycles. The van der Waals surface area contributed by atoms with Crippen LogP contribution < -0.4 is 17.7 Å². The fourth-order valence-corrected chi connectivity index (χ4v) is 3.12. The van der Waals surface area contributed by atoms with Crippen molar-refractivity contribution in [1.29, 1.82) is 0 Å². The summed E-state index contributed by atoms with van der Waals surface area (Å²) < 4.78 is 0. The molecule has 0 aliphatic heterocycles. The molecule has 0 aliphatic rings. The molecular weight excluding hydrogens is 302 g/mol.